The van der Waals surface area contributed by atoms with Crippen LogP contribution in [0.4, 0.5) is 5.69 Å². The van der Waals surface area contributed by atoms with E-state index in [2.05, 4.69) is 90.2 Å². The lowest BCUT2D eigenvalue weighted by atomic mass is 9.79. The summed E-state index contributed by atoms with van der Waals surface area (Å²) in [5, 5.41) is 4.04. The summed E-state index contributed by atoms with van der Waals surface area (Å²) in [6, 6.07) is 9.24. The zero-order valence-electron chi connectivity index (χ0n) is 19.6. The van der Waals surface area contributed by atoms with Crippen molar-refractivity contribution >= 4 is 11.8 Å². The van der Waals surface area contributed by atoms with Crippen LogP contribution in [0.15, 0.2) is 30.3 Å². The van der Waals surface area contributed by atoms with Crippen molar-refractivity contribution in [2.45, 2.75) is 86.1 Å². The number of rotatable bonds is 4. The third-order valence-electron chi connectivity index (χ3n) is 7.10. The van der Waals surface area contributed by atoms with Crippen molar-refractivity contribution in [3.05, 3.63) is 69.3 Å². The Morgan fingerprint density at radius 1 is 1.03 bits per heavy atom. The normalized spacial score (nSPS) is 15.6. The first-order valence-corrected chi connectivity index (χ1v) is 11.5. The summed E-state index contributed by atoms with van der Waals surface area (Å²) in [5.41, 5.74) is 11.6. The molecule has 0 atom stereocenters. The van der Waals surface area contributed by atoms with E-state index in [0.29, 0.717) is 5.92 Å². The van der Waals surface area contributed by atoms with Crippen LogP contribution in [0, 0.1) is 26.7 Å². The lowest BCUT2D eigenvalue weighted by Gasteiger charge is -2.37. The predicted octanol–water partition coefficient (Wildman–Crippen LogP) is 7.59. The molecule has 0 fully saturated rings. The van der Waals surface area contributed by atoms with Gasteiger partial charge in [-0.25, -0.2) is 0 Å². The molecule has 1 aliphatic heterocycles. The summed E-state index contributed by atoms with van der Waals surface area (Å²) in [4.78, 5) is 0. The average molecular weight is 390 g/mol. The summed E-state index contributed by atoms with van der Waals surface area (Å²) in [7, 11) is 0. The molecule has 1 aliphatic rings. The van der Waals surface area contributed by atoms with Gasteiger partial charge >= 0.3 is 0 Å². The van der Waals surface area contributed by atoms with Crippen LogP contribution >= 0.6 is 0 Å². The van der Waals surface area contributed by atoms with E-state index in [9.17, 15) is 0 Å². The molecular weight excluding hydrogens is 350 g/mol. The molecule has 0 unspecified atom stereocenters. The zero-order valence-corrected chi connectivity index (χ0v) is 19.6. The van der Waals surface area contributed by atoms with E-state index >= 15 is 0 Å². The van der Waals surface area contributed by atoms with Crippen LogP contribution in [0.25, 0.3) is 6.08 Å². The molecule has 0 amide bonds. The van der Waals surface area contributed by atoms with Crippen LogP contribution in [0.2, 0.25) is 0 Å². The van der Waals surface area contributed by atoms with Gasteiger partial charge in [-0.05, 0) is 98.2 Å². The monoisotopic (exact) mass is 389 g/mol. The summed E-state index contributed by atoms with van der Waals surface area (Å²) in [6.07, 6.45) is 10.2. The minimum atomic E-state index is 0.0809. The standard InChI is InChI=1S/C28H39N/c1-8-28(9-2)18-26-22(7)21(6)20(5)17-24(26)12-10-14-25-23(16-19(3)4)13-11-15-27(25)29-28/h10-11,13-15,17,19,29H,8-9,12,16,18H2,1-7H3. The summed E-state index contributed by atoms with van der Waals surface area (Å²) < 4.78 is 0. The second-order valence-corrected chi connectivity index (χ2v) is 9.45. The number of aryl methyl sites for hydroxylation is 1. The molecule has 0 saturated carbocycles. The van der Waals surface area contributed by atoms with Gasteiger partial charge in [-0.1, -0.05) is 58.0 Å². The molecule has 0 spiro atoms. The van der Waals surface area contributed by atoms with E-state index in [1.54, 1.807) is 5.56 Å². The predicted molar refractivity (Wildman–Crippen MR) is 129 cm³/mol. The Bertz CT molecular complexity index is 897. The van der Waals surface area contributed by atoms with Gasteiger partial charge in [-0.2, -0.15) is 0 Å². The molecule has 0 radical (unpaired) electrons. The van der Waals surface area contributed by atoms with Gasteiger partial charge in [0.15, 0.2) is 0 Å². The quantitative estimate of drug-likeness (QED) is 0.568. The maximum absolute atomic E-state index is 4.04. The van der Waals surface area contributed by atoms with Crippen LogP contribution in [0.1, 0.15) is 79.5 Å². The third-order valence-corrected chi connectivity index (χ3v) is 7.10. The Hall–Kier alpha value is -2.02. The largest absolute Gasteiger partial charge is 0.379 e. The highest BCUT2D eigenvalue weighted by atomic mass is 15.0. The first-order valence-electron chi connectivity index (χ1n) is 11.5. The van der Waals surface area contributed by atoms with Crippen LogP contribution in [-0.2, 0) is 19.3 Å². The Kier molecular flexibility index (Phi) is 6.56. The molecule has 1 heterocycles. The molecule has 1 nitrogen and oxygen atoms in total. The maximum Gasteiger partial charge on any atom is 0.0420 e. The van der Waals surface area contributed by atoms with Crippen molar-refractivity contribution in [3.8, 4) is 0 Å². The molecule has 29 heavy (non-hydrogen) atoms. The first-order chi connectivity index (χ1) is 13.8. The second kappa shape index (κ2) is 8.78. The number of hydrogen-bond donors (Lipinski definition) is 1. The van der Waals surface area contributed by atoms with Crippen molar-refractivity contribution in [2.24, 2.45) is 5.92 Å². The van der Waals surface area contributed by atoms with Gasteiger partial charge in [-0.15, -0.1) is 0 Å². The number of benzene rings is 2. The van der Waals surface area contributed by atoms with Crippen LogP contribution in [0.3, 0.4) is 0 Å². The summed E-state index contributed by atoms with van der Waals surface area (Å²) in [5.74, 6) is 0.654. The molecule has 1 heteroatoms. The first kappa shape index (κ1) is 21.7. The second-order valence-electron chi connectivity index (χ2n) is 9.45. The molecule has 2 aromatic carbocycles. The van der Waals surface area contributed by atoms with Crippen molar-refractivity contribution in [1.82, 2.24) is 0 Å². The third kappa shape index (κ3) is 4.44. The fourth-order valence-corrected chi connectivity index (χ4v) is 4.83. The van der Waals surface area contributed by atoms with E-state index in [0.717, 1.165) is 32.1 Å². The van der Waals surface area contributed by atoms with Gasteiger partial charge in [0.25, 0.3) is 0 Å². The molecule has 0 aliphatic carbocycles. The van der Waals surface area contributed by atoms with Gasteiger partial charge in [0, 0.05) is 16.8 Å². The summed E-state index contributed by atoms with van der Waals surface area (Å²) >= 11 is 0. The van der Waals surface area contributed by atoms with Crippen molar-refractivity contribution in [1.29, 1.82) is 0 Å². The Labute approximate surface area is 178 Å². The van der Waals surface area contributed by atoms with Crippen LogP contribution in [-0.4, -0.2) is 5.54 Å². The highest BCUT2D eigenvalue weighted by molar-refractivity contribution is 5.71. The van der Waals surface area contributed by atoms with Gasteiger partial charge in [0.2, 0.25) is 0 Å². The van der Waals surface area contributed by atoms with Gasteiger partial charge in [0.1, 0.15) is 0 Å². The fourth-order valence-electron chi connectivity index (χ4n) is 4.83. The van der Waals surface area contributed by atoms with Crippen LogP contribution in [0.5, 0.6) is 0 Å². The van der Waals surface area contributed by atoms with E-state index in [1.165, 1.54) is 39.1 Å². The zero-order chi connectivity index (χ0) is 21.2. The Morgan fingerprint density at radius 2 is 1.76 bits per heavy atom. The molecule has 1 N–H and O–H groups in total. The number of anilines is 1. The van der Waals surface area contributed by atoms with Crippen molar-refractivity contribution in [2.75, 3.05) is 5.32 Å². The lowest BCUT2D eigenvalue weighted by Crippen LogP contribution is -2.40. The molecular formula is C28H39N. The molecule has 0 saturated heterocycles. The smallest absolute Gasteiger partial charge is 0.0420 e. The highest BCUT2D eigenvalue weighted by Gasteiger charge is 2.30. The topological polar surface area (TPSA) is 12.0 Å². The number of fused-ring (bicyclic) bond motifs is 2. The number of allylic oxidation sites excluding steroid dienone is 1. The Balaban J connectivity index is 2.20. The number of nitrogens with one attached hydrogen (secondary N) is 1. The average Bonchev–Trinajstić information content (AvgIpc) is 2.69. The highest BCUT2D eigenvalue weighted by Crippen LogP contribution is 2.35. The van der Waals surface area contributed by atoms with Gasteiger partial charge < -0.3 is 5.32 Å². The molecule has 156 valence electrons. The maximum atomic E-state index is 4.04. The van der Waals surface area contributed by atoms with E-state index in [-0.39, 0.29) is 5.54 Å². The van der Waals surface area contributed by atoms with E-state index in [1.807, 2.05) is 0 Å². The van der Waals surface area contributed by atoms with E-state index in [4.69, 9.17) is 0 Å². The minimum Gasteiger partial charge on any atom is -0.379 e. The molecule has 2 aromatic rings. The molecule has 0 aromatic heterocycles. The van der Waals surface area contributed by atoms with Crippen LogP contribution < -0.4 is 5.32 Å². The molecule has 3 rings (SSSR count). The SMILES string of the molecule is CCC1(CC)Cc2c(cc(C)c(C)c2C)CC=Cc2c(CC(C)C)cccc2N1. The van der Waals surface area contributed by atoms with Crippen molar-refractivity contribution < 1.29 is 0 Å². The van der Waals surface area contributed by atoms with Gasteiger partial charge in [0.05, 0.1) is 0 Å². The minimum absolute atomic E-state index is 0.0809. The lowest BCUT2D eigenvalue weighted by molar-refractivity contribution is 0.429. The number of hydrogen-bond acceptors (Lipinski definition) is 1. The summed E-state index contributed by atoms with van der Waals surface area (Å²) in [6.45, 7) is 16.2. The van der Waals surface area contributed by atoms with Crippen molar-refractivity contribution in [3.63, 3.8) is 0 Å². The van der Waals surface area contributed by atoms with E-state index < -0.39 is 0 Å². The molecule has 0 bridgehead atoms. The Morgan fingerprint density at radius 3 is 2.41 bits per heavy atom. The fraction of sp³-hybridized carbons (Fsp3) is 0.500. The van der Waals surface area contributed by atoms with Gasteiger partial charge in [-0.3, -0.25) is 0 Å².